The van der Waals surface area contributed by atoms with Gasteiger partial charge in [-0.2, -0.15) is 0 Å². The highest BCUT2D eigenvalue weighted by Crippen LogP contribution is 2.47. The fraction of sp³-hybridized carbons (Fsp3) is 0.467. The summed E-state index contributed by atoms with van der Waals surface area (Å²) in [7, 11) is -3.03. The predicted octanol–water partition coefficient (Wildman–Crippen LogP) is 3.48. The molecule has 0 amide bonds. The molecule has 22 heavy (non-hydrogen) atoms. The molecule has 1 aromatic rings. The first-order valence-corrected chi connectivity index (χ1v) is 9.00. The van der Waals surface area contributed by atoms with Crippen LogP contribution in [0.25, 0.3) is 0 Å². The summed E-state index contributed by atoms with van der Waals surface area (Å²) in [6.07, 6.45) is 3.76. The number of rotatable bonds is 10. The van der Waals surface area contributed by atoms with E-state index in [1.807, 2.05) is 25.1 Å². The fourth-order valence-corrected chi connectivity index (χ4v) is 3.29. The first-order valence-electron chi connectivity index (χ1n) is 7.27. The second-order valence-corrected chi connectivity index (χ2v) is 6.66. The number of nitrogens with two attached hydrogens (primary N) is 1. The first-order chi connectivity index (χ1) is 10.5. The SMILES string of the molecule is CCOP(=O)(CC=CCOc1cc(C)ccc1NN)OCC. The molecule has 3 N–H and O–H groups in total. The molecule has 0 unspecified atom stereocenters. The van der Waals surface area contributed by atoms with Gasteiger partial charge in [0.05, 0.1) is 25.1 Å². The minimum absolute atomic E-state index is 0.230. The zero-order valence-corrected chi connectivity index (χ0v) is 14.3. The van der Waals surface area contributed by atoms with E-state index in [2.05, 4.69) is 5.43 Å². The van der Waals surface area contributed by atoms with Crippen LogP contribution in [0.3, 0.4) is 0 Å². The number of hydrogen-bond acceptors (Lipinski definition) is 6. The highest BCUT2D eigenvalue weighted by Gasteiger charge is 2.20. The smallest absolute Gasteiger partial charge is 0.334 e. The molecule has 6 nitrogen and oxygen atoms in total. The number of aryl methyl sites for hydroxylation is 1. The van der Waals surface area contributed by atoms with Crippen LogP contribution in [0.5, 0.6) is 5.75 Å². The molecule has 0 saturated carbocycles. The van der Waals surface area contributed by atoms with Gasteiger partial charge in [-0.05, 0) is 38.5 Å². The van der Waals surface area contributed by atoms with Crippen LogP contribution in [0.4, 0.5) is 5.69 Å². The molecule has 7 heteroatoms. The fourth-order valence-electron chi connectivity index (χ4n) is 1.81. The number of hydrogen-bond donors (Lipinski definition) is 2. The van der Waals surface area contributed by atoms with Crippen LogP contribution in [-0.2, 0) is 13.6 Å². The number of ether oxygens (including phenoxy) is 1. The molecule has 0 aliphatic rings. The van der Waals surface area contributed by atoms with Crippen LogP contribution in [0, 0.1) is 6.92 Å². The lowest BCUT2D eigenvalue weighted by Gasteiger charge is -2.14. The van der Waals surface area contributed by atoms with Crippen molar-refractivity contribution in [3.8, 4) is 5.75 Å². The number of hydrazine groups is 1. The van der Waals surface area contributed by atoms with Crippen molar-refractivity contribution in [3.05, 3.63) is 35.9 Å². The molecular weight excluding hydrogens is 303 g/mol. The summed E-state index contributed by atoms with van der Waals surface area (Å²) < 4.78 is 28.3. The molecule has 1 rings (SSSR count). The third kappa shape index (κ3) is 6.20. The number of benzene rings is 1. The molecule has 0 heterocycles. The van der Waals surface area contributed by atoms with Gasteiger partial charge in [-0.15, -0.1) is 0 Å². The Labute approximate surface area is 132 Å². The number of nitrogens with one attached hydrogen (secondary N) is 1. The molecule has 124 valence electrons. The van der Waals surface area contributed by atoms with Crippen molar-refractivity contribution >= 4 is 13.3 Å². The second kappa shape index (κ2) is 9.64. The highest BCUT2D eigenvalue weighted by atomic mass is 31.2. The molecule has 0 atom stereocenters. The molecule has 1 aromatic carbocycles. The van der Waals surface area contributed by atoms with Crippen molar-refractivity contribution in [2.75, 3.05) is 31.4 Å². The topological polar surface area (TPSA) is 82.8 Å². The van der Waals surface area contributed by atoms with E-state index in [0.717, 1.165) is 5.56 Å². The normalized spacial score (nSPS) is 11.8. The van der Waals surface area contributed by atoms with Gasteiger partial charge < -0.3 is 19.2 Å². The van der Waals surface area contributed by atoms with Crippen LogP contribution in [0.1, 0.15) is 19.4 Å². The van der Waals surface area contributed by atoms with Gasteiger partial charge in [0.1, 0.15) is 12.4 Å². The summed E-state index contributed by atoms with van der Waals surface area (Å²) in [5, 5.41) is 0. The van der Waals surface area contributed by atoms with Gasteiger partial charge in [-0.3, -0.25) is 10.4 Å². The first kappa shape index (κ1) is 18.7. The van der Waals surface area contributed by atoms with E-state index in [0.29, 0.717) is 31.3 Å². The van der Waals surface area contributed by atoms with Gasteiger partial charge in [0.2, 0.25) is 0 Å². The lowest BCUT2D eigenvalue weighted by Crippen LogP contribution is -2.09. The third-order valence-electron chi connectivity index (χ3n) is 2.77. The Balaban J connectivity index is 2.53. The van der Waals surface area contributed by atoms with Gasteiger partial charge in [0.15, 0.2) is 0 Å². The van der Waals surface area contributed by atoms with Crippen molar-refractivity contribution in [3.63, 3.8) is 0 Å². The minimum Gasteiger partial charge on any atom is -0.487 e. The Morgan fingerprint density at radius 2 is 1.91 bits per heavy atom. The number of anilines is 1. The van der Waals surface area contributed by atoms with Gasteiger partial charge in [0.25, 0.3) is 0 Å². The number of allylic oxidation sites excluding steroid dienone is 1. The van der Waals surface area contributed by atoms with E-state index in [4.69, 9.17) is 19.6 Å². The Hall–Kier alpha value is -1.33. The van der Waals surface area contributed by atoms with E-state index in [1.165, 1.54) is 0 Å². The third-order valence-corrected chi connectivity index (χ3v) is 4.74. The second-order valence-electron chi connectivity index (χ2n) is 4.56. The molecule has 0 bridgehead atoms. The molecule has 0 aliphatic heterocycles. The van der Waals surface area contributed by atoms with E-state index in [1.54, 1.807) is 26.0 Å². The predicted molar refractivity (Wildman–Crippen MR) is 89.3 cm³/mol. The molecule has 0 aromatic heterocycles. The van der Waals surface area contributed by atoms with Crippen LogP contribution >= 0.6 is 7.60 Å². The maximum atomic E-state index is 12.2. The average Bonchev–Trinajstić information content (AvgIpc) is 2.47. The van der Waals surface area contributed by atoms with Crippen LogP contribution in [0.2, 0.25) is 0 Å². The molecule has 0 spiro atoms. The lowest BCUT2D eigenvalue weighted by molar-refractivity contribution is 0.222. The van der Waals surface area contributed by atoms with Crippen molar-refractivity contribution in [1.29, 1.82) is 0 Å². The van der Waals surface area contributed by atoms with Crippen LogP contribution in [-0.4, -0.2) is 26.0 Å². The zero-order chi connectivity index (χ0) is 16.4. The Morgan fingerprint density at radius 1 is 1.23 bits per heavy atom. The highest BCUT2D eigenvalue weighted by molar-refractivity contribution is 7.54. The quantitative estimate of drug-likeness (QED) is 0.296. The largest absolute Gasteiger partial charge is 0.487 e. The summed E-state index contributed by atoms with van der Waals surface area (Å²) >= 11 is 0. The van der Waals surface area contributed by atoms with Crippen molar-refractivity contribution in [2.24, 2.45) is 5.84 Å². The summed E-state index contributed by atoms with van der Waals surface area (Å²) in [6.45, 7) is 6.61. The van der Waals surface area contributed by atoms with Crippen LogP contribution in [0.15, 0.2) is 30.4 Å². The van der Waals surface area contributed by atoms with Crippen molar-refractivity contribution in [2.45, 2.75) is 20.8 Å². The Morgan fingerprint density at radius 3 is 2.50 bits per heavy atom. The summed E-state index contributed by atoms with van der Waals surface area (Å²) in [6, 6.07) is 5.69. The minimum atomic E-state index is -3.03. The molecule has 0 radical (unpaired) electrons. The summed E-state index contributed by atoms with van der Waals surface area (Å²) in [4.78, 5) is 0. The summed E-state index contributed by atoms with van der Waals surface area (Å²) in [5.74, 6) is 6.11. The van der Waals surface area contributed by atoms with Gasteiger partial charge in [-0.1, -0.05) is 18.2 Å². The van der Waals surface area contributed by atoms with Gasteiger partial charge in [0, 0.05) is 0 Å². The van der Waals surface area contributed by atoms with E-state index < -0.39 is 7.60 Å². The maximum Gasteiger partial charge on any atom is 0.334 e. The molecule has 0 fully saturated rings. The average molecular weight is 328 g/mol. The zero-order valence-electron chi connectivity index (χ0n) is 13.4. The van der Waals surface area contributed by atoms with Crippen LogP contribution < -0.4 is 16.0 Å². The van der Waals surface area contributed by atoms with Gasteiger partial charge in [-0.25, -0.2) is 0 Å². The Bertz CT molecular complexity index is 524. The maximum absolute atomic E-state index is 12.2. The van der Waals surface area contributed by atoms with Crippen molar-refractivity contribution < 1.29 is 18.3 Å². The van der Waals surface area contributed by atoms with Crippen molar-refractivity contribution in [1.82, 2.24) is 0 Å². The monoisotopic (exact) mass is 328 g/mol. The Kier molecular flexibility index (Phi) is 8.20. The van der Waals surface area contributed by atoms with Gasteiger partial charge >= 0.3 is 7.60 Å². The molecular formula is C15H25N2O4P. The summed E-state index contributed by atoms with van der Waals surface area (Å²) in [5.41, 5.74) is 4.38. The molecule has 0 aliphatic carbocycles. The van der Waals surface area contributed by atoms with E-state index in [9.17, 15) is 4.57 Å². The molecule has 0 saturated heterocycles. The number of nitrogen functional groups attached to an aromatic ring is 1. The lowest BCUT2D eigenvalue weighted by atomic mass is 10.2. The standard InChI is InChI=1S/C15H25N2O4P/c1-4-20-22(18,21-5-2)11-7-6-10-19-15-12-13(3)8-9-14(15)17-16/h6-9,12,17H,4-5,10-11,16H2,1-3H3. The van der Waals surface area contributed by atoms with E-state index in [-0.39, 0.29) is 6.16 Å². The van der Waals surface area contributed by atoms with E-state index >= 15 is 0 Å².